The van der Waals surface area contributed by atoms with E-state index < -0.39 is 0 Å². The zero-order valence-electron chi connectivity index (χ0n) is 12.6. The van der Waals surface area contributed by atoms with Crippen molar-refractivity contribution in [1.82, 2.24) is 24.8 Å². The van der Waals surface area contributed by atoms with Crippen LogP contribution in [0.1, 0.15) is 29.8 Å². The second-order valence-electron chi connectivity index (χ2n) is 5.27. The molecule has 0 N–H and O–H groups in total. The van der Waals surface area contributed by atoms with Crippen LogP contribution in [0.5, 0.6) is 0 Å². The minimum atomic E-state index is 0.282. The van der Waals surface area contributed by atoms with Crippen LogP contribution >= 0.6 is 11.3 Å². The molecule has 3 heterocycles. The van der Waals surface area contributed by atoms with E-state index >= 15 is 0 Å². The van der Waals surface area contributed by atoms with Crippen molar-refractivity contribution >= 4 is 16.3 Å². The zero-order valence-corrected chi connectivity index (χ0v) is 13.4. The molecule has 0 aliphatic heterocycles. The molecule has 0 bridgehead atoms. The molecule has 0 saturated heterocycles. The van der Waals surface area contributed by atoms with Crippen molar-refractivity contribution in [1.29, 1.82) is 0 Å². The number of hydrogen-bond acceptors (Lipinski definition) is 5. The molecule has 0 saturated carbocycles. The predicted octanol–water partition coefficient (Wildman–Crippen LogP) is 3.79. The van der Waals surface area contributed by atoms with Gasteiger partial charge in [0.15, 0.2) is 5.82 Å². The second-order valence-corrected chi connectivity index (χ2v) is 6.26. The number of fused-ring (bicyclic) bond motifs is 1. The minimum absolute atomic E-state index is 0.282. The Morgan fingerprint density at radius 3 is 2.70 bits per heavy atom. The van der Waals surface area contributed by atoms with Crippen molar-refractivity contribution in [2.45, 2.75) is 19.3 Å². The number of benzene rings is 1. The van der Waals surface area contributed by atoms with Crippen LogP contribution in [-0.2, 0) is 0 Å². The molecule has 0 aliphatic carbocycles. The molecule has 4 aromatic rings. The van der Waals surface area contributed by atoms with Crippen molar-refractivity contribution in [3.05, 3.63) is 65.4 Å². The van der Waals surface area contributed by atoms with E-state index in [-0.39, 0.29) is 5.92 Å². The molecule has 23 heavy (non-hydrogen) atoms. The average Bonchev–Trinajstić information content (AvgIpc) is 3.18. The molecule has 0 aliphatic rings. The van der Waals surface area contributed by atoms with Gasteiger partial charge in [-0.2, -0.15) is 9.61 Å². The lowest BCUT2D eigenvalue weighted by molar-refractivity contribution is 0.743. The number of pyridine rings is 1. The lowest BCUT2D eigenvalue weighted by atomic mass is 9.97. The molecule has 114 valence electrons. The van der Waals surface area contributed by atoms with Gasteiger partial charge in [-0.25, -0.2) is 0 Å². The minimum Gasteiger partial charge on any atom is -0.264 e. The van der Waals surface area contributed by atoms with Gasteiger partial charge in [-0.3, -0.25) is 4.98 Å². The smallest absolute Gasteiger partial charge is 0.234 e. The van der Waals surface area contributed by atoms with Crippen LogP contribution in [-0.4, -0.2) is 24.8 Å². The Morgan fingerprint density at radius 1 is 1.09 bits per heavy atom. The van der Waals surface area contributed by atoms with Gasteiger partial charge in [-0.05, 0) is 24.1 Å². The first-order valence-electron chi connectivity index (χ1n) is 7.54. The lowest BCUT2D eigenvalue weighted by Crippen LogP contribution is -2.01. The van der Waals surface area contributed by atoms with Gasteiger partial charge < -0.3 is 0 Å². The first-order valence-corrected chi connectivity index (χ1v) is 8.36. The average molecular weight is 321 g/mol. The van der Waals surface area contributed by atoms with Crippen molar-refractivity contribution in [3.63, 3.8) is 0 Å². The summed E-state index contributed by atoms with van der Waals surface area (Å²) in [7, 11) is 0. The molecule has 0 unspecified atom stereocenters. The highest BCUT2D eigenvalue weighted by Gasteiger charge is 2.20. The van der Waals surface area contributed by atoms with Crippen LogP contribution < -0.4 is 0 Å². The van der Waals surface area contributed by atoms with E-state index in [0.717, 1.165) is 27.8 Å². The number of nitrogens with zero attached hydrogens (tertiary/aromatic N) is 5. The van der Waals surface area contributed by atoms with E-state index in [1.54, 1.807) is 23.7 Å². The summed E-state index contributed by atoms with van der Waals surface area (Å²) in [6.45, 7) is 2.18. The molecular formula is C17H15N5S. The van der Waals surface area contributed by atoms with Gasteiger partial charge in [-0.1, -0.05) is 48.6 Å². The van der Waals surface area contributed by atoms with Gasteiger partial charge in [-0.15, -0.1) is 10.2 Å². The molecular weight excluding hydrogens is 306 g/mol. The normalized spacial score (nSPS) is 12.6. The molecule has 1 aromatic carbocycles. The van der Waals surface area contributed by atoms with Crippen molar-refractivity contribution in [2.24, 2.45) is 0 Å². The Labute approximate surface area is 137 Å². The summed E-state index contributed by atoms with van der Waals surface area (Å²) in [5, 5.41) is 14.4. The first-order chi connectivity index (χ1) is 11.4. The third-order valence-electron chi connectivity index (χ3n) is 3.83. The number of aromatic nitrogens is 5. The lowest BCUT2D eigenvalue weighted by Gasteiger charge is -2.11. The highest BCUT2D eigenvalue weighted by Crippen LogP contribution is 2.32. The van der Waals surface area contributed by atoms with Crippen LogP contribution in [0.15, 0.2) is 54.9 Å². The molecule has 4 rings (SSSR count). The third-order valence-corrected chi connectivity index (χ3v) is 4.85. The summed E-state index contributed by atoms with van der Waals surface area (Å²) < 4.78 is 1.82. The molecule has 0 fully saturated rings. The zero-order chi connectivity index (χ0) is 15.6. The standard InChI is InChI=1S/C17H15N5S/c1-2-14(12-7-4-3-5-8-12)16-21-22-15(19-20-17(22)23-16)13-9-6-10-18-11-13/h3-11,14H,2H2,1H3/t14-/m0/s1. The Morgan fingerprint density at radius 2 is 1.96 bits per heavy atom. The predicted molar refractivity (Wildman–Crippen MR) is 90.5 cm³/mol. The SMILES string of the molecule is CC[C@@H](c1ccccc1)c1nn2c(-c3cccnc3)nnc2s1. The van der Waals surface area contributed by atoms with Gasteiger partial charge in [0.05, 0.1) is 0 Å². The van der Waals surface area contributed by atoms with E-state index in [2.05, 4.69) is 46.4 Å². The van der Waals surface area contributed by atoms with Crippen molar-refractivity contribution in [2.75, 3.05) is 0 Å². The quantitative estimate of drug-likeness (QED) is 0.574. The largest absolute Gasteiger partial charge is 0.264 e. The van der Waals surface area contributed by atoms with Crippen LogP contribution in [0.4, 0.5) is 0 Å². The van der Waals surface area contributed by atoms with Gasteiger partial charge in [0, 0.05) is 23.9 Å². The third kappa shape index (κ3) is 2.51. The number of hydrogen-bond donors (Lipinski definition) is 0. The molecule has 0 amide bonds. The van der Waals surface area contributed by atoms with E-state index in [4.69, 9.17) is 5.10 Å². The first kappa shape index (κ1) is 14.0. The van der Waals surface area contributed by atoms with Crippen molar-refractivity contribution in [3.8, 4) is 11.4 Å². The molecule has 1 atom stereocenters. The summed E-state index contributed by atoms with van der Waals surface area (Å²) in [4.78, 5) is 4.96. The van der Waals surface area contributed by atoms with Crippen LogP contribution in [0.3, 0.4) is 0 Å². The van der Waals surface area contributed by atoms with Crippen LogP contribution in [0.25, 0.3) is 16.3 Å². The highest BCUT2D eigenvalue weighted by atomic mass is 32.1. The molecule has 3 aromatic heterocycles. The fourth-order valence-corrected chi connectivity index (χ4v) is 3.74. The van der Waals surface area contributed by atoms with E-state index in [9.17, 15) is 0 Å². The Hall–Kier alpha value is -2.60. The van der Waals surface area contributed by atoms with E-state index in [1.807, 2.05) is 22.7 Å². The highest BCUT2D eigenvalue weighted by molar-refractivity contribution is 7.16. The van der Waals surface area contributed by atoms with Crippen LogP contribution in [0.2, 0.25) is 0 Å². The molecule has 0 spiro atoms. The maximum absolute atomic E-state index is 4.78. The fraction of sp³-hybridized carbons (Fsp3) is 0.176. The molecule has 5 nitrogen and oxygen atoms in total. The monoisotopic (exact) mass is 321 g/mol. The summed E-state index contributed by atoms with van der Waals surface area (Å²) in [6.07, 6.45) is 4.52. The molecule has 0 radical (unpaired) electrons. The number of rotatable bonds is 4. The Bertz CT molecular complexity index is 914. The van der Waals surface area contributed by atoms with E-state index in [1.165, 1.54) is 5.56 Å². The molecule has 6 heteroatoms. The van der Waals surface area contributed by atoms with Crippen LogP contribution in [0, 0.1) is 0 Å². The fourth-order valence-electron chi connectivity index (χ4n) is 2.69. The summed E-state index contributed by atoms with van der Waals surface area (Å²) in [5.74, 6) is 1.02. The van der Waals surface area contributed by atoms with Gasteiger partial charge in [0.2, 0.25) is 4.96 Å². The topological polar surface area (TPSA) is 56.0 Å². The summed E-state index contributed by atoms with van der Waals surface area (Å²) in [5.41, 5.74) is 2.20. The Kier molecular flexibility index (Phi) is 3.59. The van der Waals surface area contributed by atoms with Gasteiger partial charge >= 0.3 is 0 Å². The van der Waals surface area contributed by atoms with E-state index in [0.29, 0.717) is 0 Å². The van der Waals surface area contributed by atoms with Crippen molar-refractivity contribution < 1.29 is 0 Å². The van der Waals surface area contributed by atoms with Gasteiger partial charge in [0.25, 0.3) is 0 Å². The van der Waals surface area contributed by atoms with Gasteiger partial charge in [0.1, 0.15) is 5.01 Å². The maximum atomic E-state index is 4.78. The Balaban J connectivity index is 1.79. The second kappa shape index (κ2) is 5.89. The summed E-state index contributed by atoms with van der Waals surface area (Å²) in [6, 6.07) is 14.3. The summed E-state index contributed by atoms with van der Waals surface area (Å²) >= 11 is 1.60. The maximum Gasteiger partial charge on any atom is 0.234 e.